The summed E-state index contributed by atoms with van der Waals surface area (Å²) in [5.41, 5.74) is 0. The third-order valence-corrected chi connectivity index (χ3v) is 3.44. The summed E-state index contributed by atoms with van der Waals surface area (Å²) in [5, 5.41) is 0. The molecule has 0 N–H and O–H groups in total. The van der Waals surface area contributed by atoms with Crippen LogP contribution in [0.5, 0.6) is 11.5 Å². The van der Waals surface area contributed by atoms with E-state index in [4.69, 9.17) is 4.74 Å². The Kier molecular flexibility index (Phi) is 3.64. The Labute approximate surface area is 111 Å². The number of halogens is 2. The van der Waals surface area contributed by atoms with Gasteiger partial charge in [0.1, 0.15) is 11.5 Å². The van der Waals surface area contributed by atoms with Gasteiger partial charge in [0.25, 0.3) is 0 Å². The molecule has 0 amide bonds. The molecule has 2 aromatic carbocycles. The van der Waals surface area contributed by atoms with Gasteiger partial charge in [-0.25, -0.2) is 0 Å². The van der Waals surface area contributed by atoms with Crippen LogP contribution in [0.1, 0.15) is 0 Å². The number of benzene rings is 2. The van der Waals surface area contributed by atoms with E-state index in [0.29, 0.717) is 0 Å². The van der Waals surface area contributed by atoms with Crippen molar-refractivity contribution in [2.75, 3.05) is 0 Å². The molecule has 1 nitrogen and oxygen atoms in total. The Morgan fingerprint density at radius 1 is 0.867 bits per heavy atom. The van der Waals surface area contributed by atoms with Crippen molar-refractivity contribution in [2.24, 2.45) is 0 Å². The van der Waals surface area contributed by atoms with Crippen molar-refractivity contribution in [1.82, 2.24) is 0 Å². The van der Waals surface area contributed by atoms with E-state index >= 15 is 0 Å². The third kappa shape index (κ3) is 2.72. The van der Waals surface area contributed by atoms with Crippen LogP contribution in [0.4, 0.5) is 0 Å². The first-order chi connectivity index (χ1) is 7.27. The minimum atomic E-state index is 0.835. The first-order valence-corrected chi connectivity index (χ1v) is 6.31. The molecule has 0 aliphatic carbocycles. The van der Waals surface area contributed by atoms with Crippen LogP contribution in [0, 0.1) is 3.57 Å². The van der Waals surface area contributed by atoms with Crippen molar-refractivity contribution in [3.05, 3.63) is 56.6 Å². The SMILES string of the molecule is Brc1ccccc1Oc1ccccc1I. The standard InChI is InChI=1S/C12H8BrIO/c13-9-5-1-3-7-11(9)15-12-8-4-2-6-10(12)14/h1-8H. The fourth-order valence-corrected chi connectivity index (χ4v) is 2.04. The van der Waals surface area contributed by atoms with E-state index in [-0.39, 0.29) is 0 Å². The molecule has 0 saturated heterocycles. The maximum absolute atomic E-state index is 5.79. The first-order valence-electron chi connectivity index (χ1n) is 4.44. The Morgan fingerprint density at radius 3 is 2.13 bits per heavy atom. The van der Waals surface area contributed by atoms with Gasteiger partial charge in [-0.1, -0.05) is 24.3 Å². The van der Waals surface area contributed by atoms with E-state index in [1.807, 2.05) is 48.5 Å². The average Bonchev–Trinajstić information content (AvgIpc) is 2.24. The van der Waals surface area contributed by atoms with E-state index in [1.165, 1.54) is 0 Å². The Morgan fingerprint density at radius 2 is 1.47 bits per heavy atom. The Bertz CT molecular complexity index is 427. The van der Waals surface area contributed by atoms with Gasteiger partial charge >= 0.3 is 0 Å². The summed E-state index contributed by atoms with van der Waals surface area (Å²) < 4.78 is 7.85. The minimum absolute atomic E-state index is 0.835. The van der Waals surface area contributed by atoms with Crippen LogP contribution in [0.25, 0.3) is 0 Å². The van der Waals surface area contributed by atoms with Gasteiger partial charge in [-0.3, -0.25) is 0 Å². The highest BCUT2D eigenvalue weighted by molar-refractivity contribution is 14.1. The van der Waals surface area contributed by atoms with Crippen molar-refractivity contribution in [3.8, 4) is 11.5 Å². The lowest BCUT2D eigenvalue weighted by molar-refractivity contribution is 0.476. The molecule has 2 rings (SSSR count). The van der Waals surface area contributed by atoms with Crippen molar-refractivity contribution in [1.29, 1.82) is 0 Å². The van der Waals surface area contributed by atoms with Crippen LogP contribution in [0.3, 0.4) is 0 Å². The number of rotatable bonds is 2. The van der Waals surface area contributed by atoms with Gasteiger partial charge in [0, 0.05) is 0 Å². The molecular weight excluding hydrogens is 367 g/mol. The van der Waals surface area contributed by atoms with Gasteiger partial charge in [0.2, 0.25) is 0 Å². The molecule has 0 bridgehead atoms. The Balaban J connectivity index is 2.30. The lowest BCUT2D eigenvalue weighted by Gasteiger charge is -2.08. The molecule has 15 heavy (non-hydrogen) atoms. The largest absolute Gasteiger partial charge is 0.455 e. The highest BCUT2D eigenvalue weighted by atomic mass is 127. The first kappa shape index (κ1) is 11.0. The normalized spacial score (nSPS) is 10.0. The van der Waals surface area contributed by atoms with Crippen molar-refractivity contribution < 1.29 is 4.74 Å². The zero-order chi connectivity index (χ0) is 10.7. The zero-order valence-corrected chi connectivity index (χ0v) is 11.5. The highest BCUT2D eigenvalue weighted by Crippen LogP contribution is 2.31. The van der Waals surface area contributed by atoms with Crippen molar-refractivity contribution in [2.45, 2.75) is 0 Å². The van der Waals surface area contributed by atoms with E-state index < -0.39 is 0 Å². The predicted octanol–water partition coefficient (Wildman–Crippen LogP) is 4.85. The van der Waals surface area contributed by atoms with Gasteiger partial charge in [-0.2, -0.15) is 0 Å². The van der Waals surface area contributed by atoms with Crippen LogP contribution in [-0.4, -0.2) is 0 Å². The Hall–Kier alpha value is -0.550. The van der Waals surface area contributed by atoms with E-state index in [9.17, 15) is 0 Å². The molecular formula is C12H8BrIO. The molecule has 0 saturated carbocycles. The van der Waals surface area contributed by atoms with E-state index in [2.05, 4.69) is 38.5 Å². The molecule has 0 aliphatic rings. The van der Waals surface area contributed by atoms with Gasteiger partial charge in [0.15, 0.2) is 0 Å². The summed E-state index contributed by atoms with van der Waals surface area (Å²) in [6.45, 7) is 0. The summed E-state index contributed by atoms with van der Waals surface area (Å²) in [7, 11) is 0. The molecule has 0 unspecified atom stereocenters. The van der Waals surface area contributed by atoms with Gasteiger partial charge < -0.3 is 4.74 Å². The summed E-state index contributed by atoms with van der Waals surface area (Å²) in [6.07, 6.45) is 0. The maximum Gasteiger partial charge on any atom is 0.141 e. The van der Waals surface area contributed by atoms with Crippen LogP contribution in [-0.2, 0) is 0 Å². The van der Waals surface area contributed by atoms with Gasteiger partial charge in [-0.15, -0.1) is 0 Å². The molecule has 76 valence electrons. The molecule has 0 atom stereocenters. The maximum atomic E-state index is 5.79. The molecule has 0 aliphatic heterocycles. The fraction of sp³-hybridized carbons (Fsp3) is 0. The quantitative estimate of drug-likeness (QED) is 0.683. The summed E-state index contributed by atoms with van der Waals surface area (Å²) in [6, 6.07) is 15.8. The van der Waals surface area contributed by atoms with Crippen LogP contribution in [0.2, 0.25) is 0 Å². The summed E-state index contributed by atoms with van der Waals surface area (Å²) in [4.78, 5) is 0. The molecule has 2 aromatic rings. The fourth-order valence-electron chi connectivity index (χ4n) is 1.17. The molecule has 0 heterocycles. The second-order valence-corrected chi connectivity index (χ2v) is 4.98. The van der Waals surface area contributed by atoms with Gasteiger partial charge in [-0.05, 0) is 62.8 Å². The minimum Gasteiger partial charge on any atom is -0.455 e. The predicted molar refractivity (Wildman–Crippen MR) is 73.4 cm³/mol. The van der Waals surface area contributed by atoms with E-state index in [0.717, 1.165) is 19.5 Å². The van der Waals surface area contributed by atoms with Gasteiger partial charge in [0.05, 0.1) is 8.04 Å². The van der Waals surface area contributed by atoms with Crippen LogP contribution < -0.4 is 4.74 Å². The lowest BCUT2D eigenvalue weighted by Crippen LogP contribution is -1.87. The summed E-state index contributed by atoms with van der Waals surface area (Å²) >= 11 is 5.71. The average molecular weight is 375 g/mol. The lowest BCUT2D eigenvalue weighted by atomic mass is 10.3. The van der Waals surface area contributed by atoms with Crippen molar-refractivity contribution in [3.63, 3.8) is 0 Å². The topological polar surface area (TPSA) is 9.23 Å². The number of para-hydroxylation sites is 2. The second kappa shape index (κ2) is 4.99. The van der Waals surface area contributed by atoms with Crippen LogP contribution in [0.15, 0.2) is 53.0 Å². The smallest absolute Gasteiger partial charge is 0.141 e. The molecule has 0 aromatic heterocycles. The number of hydrogen-bond donors (Lipinski definition) is 0. The molecule has 0 radical (unpaired) electrons. The molecule has 0 fully saturated rings. The number of ether oxygens (including phenoxy) is 1. The monoisotopic (exact) mass is 374 g/mol. The zero-order valence-electron chi connectivity index (χ0n) is 7.78. The number of hydrogen-bond acceptors (Lipinski definition) is 1. The third-order valence-electron chi connectivity index (χ3n) is 1.89. The summed E-state index contributed by atoms with van der Waals surface area (Å²) in [5.74, 6) is 1.71. The van der Waals surface area contributed by atoms with Crippen LogP contribution >= 0.6 is 38.5 Å². The molecule has 0 spiro atoms. The molecule has 3 heteroatoms. The second-order valence-electron chi connectivity index (χ2n) is 2.96. The van der Waals surface area contributed by atoms with Crippen molar-refractivity contribution >= 4 is 38.5 Å². The highest BCUT2D eigenvalue weighted by Gasteiger charge is 2.03. The van der Waals surface area contributed by atoms with E-state index in [1.54, 1.807) is 0 Å².